The maximum Gasteiger partial charge on any atom is 0.262 e. The number of carbonyl (C=O) groups excluding carboxylic acids is 1. The van der Waals surface area contributed by atoms with Crippen molar-refractivity contribution in [2.75, 3.05) is 4.72 Å². The first-order chi connectivity index (χ1) is 9.40. The van der Waals surface area contributed by atoms with Crippen LogP contribution in [0.4, 0.5) is 10.1 Å². The van der Waals surface area contributed by atoms with Gasteiger partial charge in [0.05, 0.1) is 10.6 Å². The van der Waals surface area contributed by atoms with Gasteiger partial charge in [-0.3, -0.25) is 9.52 Å². The smallest absolute Gasteiger partial charge is 0.262 e. The van der Waals surface area contributed by atoms with E-state index >= 15 is 0 Å². The Balaban J connectivity index is 2.38. The molecule has 0 bridgehead atoms. The predicted molar refractivity (Wildman–Crippen MR) is 72.2 cm³/mol. The van der Waals surface area contributed by atoms with Crippen molar-refractivity contribution in [1.29, 1.82) is 0 Å². The molecule has 0 atom stereocenters. The molecule has 0 spiro atoms. The van der Waals surface area contributed by atoms with Gasteiger partial charge in [0.2, 0.25) is 5.91 Å². The molecule has 0 saturated heterocycles. The quantitative estimate of drug-likeness (QED) is 0.899. The van der Waals surface area contributed by atoms with Crippen LogP contribution in [0.3, 0.4) is 0 Å². The molecule has 2 rings (SSSR count). The number of nitrogens with one attached hydrogen (secondary N) is 1. The number of sulfonamides is 1. The Morgan fingerprint density at radius 1 is 1.10 bits per heavy atom. The average molecular weight is 294 g/mol. The Morgan fingerprint density at radius 3 is 2.45 bits per heavy atom. The van der Waals surface area contributed by atoms with Crippen LogP contribution >= 0.6 is 0 Å². The van der Waals surface area contributed by atoms with Crippen molar-refractivity contribution in [3.05, 3.63) is 59.9 Å². The Hall–Kier alpha value is -2.41. The van der Waals surface area contributed by atoms with Gasteiger partial charge in [0.25, 0.3) is 10.0 Å². The minimum absolute atomic E-state index is 0.0569. The molecular weight excluding hydrogens is 283 g/mol. The van der Waals surface area contributed by atoms with E-state index in [4.69, 9.17) is 5.73 Å². The number of para-hydroxylation sites is 1. The molecule has 0 saturated carbocycles. The van der Waals surface area contributed by atoms with E-state index in [0.29, 0.717) is 0 Å². The van der Waals surface area contributed by atoms with Crippen LogP contribution in [-0.2, 0) is 10.0 Å². The number of carbonyl (C=O) groups is 1. The molecule has 0 fully saturated rings. The normalized spacial score (nSPS) is 11.1. The van der Waals surface area contributed by atoms with E-state index < -0.39 is 21.7 Å². The number of halogens is 1. The van der Waals surface area contributed by atoms with E-state index in [2.05, 4.69) is 4.72 Å². The van der Waals surface area contributed by atoms with Gasteiger partial charge in [0.15, 0.2) is 0 Å². The van der Waals surface area contributed by atoms with E-state index in [0.717, 1.165) is 12.1 Å². The van der Waals surface area contributed by atoms with E-state index in [-0.39, 0.29) is 16.1 Å². The molecule has 2 aromatic carbocycles. The van der Waals surface area contributed by atoms with Crippen LogP contribution in [0.1, 0.15) is 10.4 Å². The fraction of sp³-hybridized carbons (Fsp3) is 0. The van der Waals surface area contributed by atoms with Crippen LogP contribution in [0.5, 0.6) is 0 Å². The summed E-state index contributed by atoms with van der Waals surface area (Å²) in [6.45, 7) is 0. The van der Waals surface area contributed by atoms with Gasteiger partial charge >= 0.3 is 0 Å². The summed E-state index contributed by atoms with van der Waals surface area (Å²) in [5.41, 5.74) is 4.98. The summed E-state index contributed by atoms with van der Waals surface area (Å²) < 4.78 is 39.8. The fourth-order valence-corrected chi connectivity index (χ4v) is 2.68. The number of primary amides is 1. The molecule has 0 aliphatic rings. The predicted octanol–water partition coefficient (Wildman–Crippen LogP) is 1.73. The van der Waals surface area contributed by atoms with Crippen molar-refractivity contribution >= 4 is 21.6 Å². The second kappa shape index (κ2) is 5.30. The Bertz CT molecular complexity index is 760. The van der Waals surface area contributed by atoms with E-state index in [1.165, 1.54) is 36.4 Å². The molecule has 0 aromatic heterocycles. The highest BCUT2D eigenvalue weighted by atomic mass is 32.2. The van der Waals surface area contributed by atoms with Crippen molar-refractivity contribution in [3.63, 3.8) is 0 Å². The lowest BCUT2D eigenvalue weighted by Crippen LogP contribution is -2.16. The second-order valence-corrected chi connectivity index (χ2v) is 5.66. The third kappa shape index (κ3) is 2.94. The van der Waals surface area contributed by atoms with Gasteiger partial charge in [-0.05, 0) is 30.3 Å². The molecule has 20 heavy (non-hydrogen) atoms. The van der Waals surface area contributed by atoms with Gasteiger partial charge < -0.3 is 5.73 Å². The number of hydrogen-bond acceptors (Lipinski definition) is 3. The van der Waals surface area contributed by atoms with Crippen molar-refractivity contribution in [2.45, 2.75) is 4.90 Å². The number of nitrogens with two attached hydrogens (primary N) is 1. The lowest BCUT2D eigenvalue weighted by Gasteiger charge is -2.09. The zero-order valence-electron chi connectivity index (χ0n) is 10.2. The van der Waals surface area contributed by atoms with Gasteiger partial charge in [-0.2, -0.15) is 0 Å². The third-order valence-corrected chi connectivity index (χ3v) is 3.91. The second-order valence-electron chi connectivity index (χ2n) is 3.98. The van der Waals surface area contributed by atoms with Gasteiger partial charge in [-0.15, -0.1) is 0 Å². The molecule has 0 radical (unpaired) electrons. The van der Waals surface area contributed by atoms with Gasteiger partial charge in [0.1, 0.15) is 5.82 Å². The zero-order valence-corrected chi connectivity index (χ0v) is 11.0. The van der Waals surface area contributed by atoms with E-state index in [1.807, 2.05) is 0 Å². The van der Waals surface area contributed by atoms with Crippen LogP contribution in [-0.4, -0.2) is 14.3 Å². The van der Waals surface area contributed by atoms with Crippen molar-refractivity contribution in [3.8, 4) is 0 Å². The van der Waals surface area contributed by atoms with Crippen molar-refractivity contribution in [1.82, 2.24) is 0 Å². The molecule has 2 aromatic rings. The summed E-state index contributed by atoms with van der Waals surface area (Å²) in [6.07, 6.45) is 0. The van der Waals surface area contributed by atoms with Crippen LogP contribution in [0, 0.1) is 5.82 Å². The topological polar surface area (TPSA) is 89.3 Å². The fourth-order valence-electron chi connectivity index (χ4n) is 1.56. The Labute approximate surface area is 115 Å². The highest BCUT2D eigenvalue weighted by molar-refractivity contribution is 7.92. The molecule has 1 amide bonds. The maximum atomic E-state index is 13.4. The molecule has 5 nitrogen and oxygen atoms in total. The summed E-state index contributed by atoms with van der Waals surface area (Å²) in [5.74, 6) is -1.44. The summed E-state index contributed by atoms with van der Waals surface area (Å²) in [5, 5.41) is 0. The van der Waals surface area contributed by atoms with Gasteiger partial charge in [-0.1, -0.05) is 18.2 Å². The minimum atomic E-state index is -3.99. The maximum absolute atomic E-state index is 13.4. The summed E-state index contributed by atoms with van der Waals surface area (Å²) in [6, 6.07) is 10.6. The highest BCUT2D eigenvalue weighted by Crippen LogP contribution is 2.19. The number of benzene rings is 2. The van der Waals surface area contributed by atoms with Crippen LogP contribution in [0.15, 0.2) is 53.4 Å². The lowest BCUT2D eigenvalue weighted by atomic mass is 10.2. The Morgan fingerprint density at radius 2 is 1.80 bits per heavy atom. The zero-order chi connectivity index (χ0) is 14.8. The SMILES string of the molecule is NC(=O)c1cccc(S(=O)(=O)Nc2ccccc2F)c1. The molecule has 0 aliphatic carbocycles. The number of anilines is 1. The standard InChI is InChI=1S/C13H11FN2O3S/c14-11-6-1-2-7-12(11)16-20(18,19)10-5-3-4-9(8-10)13(15)17/h1-8,16H,(H2,15,17). The molecule has 7 heteroatoms. The van der Waals surface area contributed by atoms with Gasteiger partial charge in [-0.25, -0.2) is 12.8 Å². The highest BCUT2D eigenvalue weighted by Gasteiger charge is 2.17. The van der Waals surface area contributed by atoms with Crippen molar-refractivity contribution < 1.29 is 17.6 Å². The summed E-state index contributed by atoms with van der Waals surface area (Å²) in [4.78, 5) is 10.9. The molecular formula is C13H11FN2O3S. The van der Waals surface area contributed by atoms with E-state index in [9.17, 15) is 17.6 Å². The summed E-state index contributed by atoms with van der Waals surface area (Å²) >= 11 is 0. The lowest BCUT2D eigenvalue weighted by molar-refractivity contribution is 0.1000. The first kappa shape index (κ1) is 14.0. The van der Waals surface area contributed by atoms with Crippen LogP contribution in [0.25, 0.3) is 0 Å². The molecule has 0 unspecified atom stereocenters. The third-order valence-electron chi connectivity index (χ3n) is 2.55. The largest absolute Gasteiger partial charge is 0.366 e. The minimum Gasteiger partial charge on any atom is -0.366 e. The number of rotatable bonds is 4. The monoisotopic (exact) mass is 294 g/mol. The molecule has 3 N–H and O–H groups in total. The first-order valence-corrected chi connectivity index (χ1v) is 7.06. The molecule has 0 aliphatic heterocycles. The molecule has 104 valence electrons. The van der Waals surface area contributed by atoms with Crippen molar-refractivity contribution in [2.24, 2.45) is 5.73 Å². The number of hydrogen-bond donors (Lipinski definition) is 2. The summed E-state index contributed by atoms with van der Waals surface area (Å²) in [7, 11) is -3.99. The van der Waals surface area contributed by atoms with Crippen LogP contribution in [0.2, 0.25) is 0 Å². The Kier molecular flexibility index (Phi) is 3.71. The molecule has 0 heterocycles. The van der Waals surface area contributed by atoms with Crippen LogP contribution < -0.4 is 10.5 Å². The first-order valence-electron chi connectivity index (χ1n) is 5.57. The van der Waals surface area contributed by atoms with Gasteiger partial charge in [0, 0.05) is 5.56 Å². The number of amides is 1. The van der Waals surface area contributed by atoms with E-state index in [1.54, 1.807) is 0 Å². The average Bonchev–Trinajstić information content (AvgIpc) is 2.41.